The summed E-state index contributed by atoms with van der Waals surface area (Å²) in [6.07, 6.45) is 8.53. The third-order valence-electron chi connectivity index (χ3n) is 4.14. The van der Waals surface area contributed by atoms with Gasteiger partial charge in [-0.2, -0.15) is 0 Å². The molecule has 88 valence electrons. The summed E-state index contributed by atoms with van der Waals surface area (Å²) in [7, 11) is 0. The van der Waals surface area contributed by atoms with Crippen molar-refractivity contribution in [3.05, 3.63) is 0 Å². The van der Waals surface area contributed by atoms with Gasteiger partial charge in [-0.05, 0) is 58.2 Å². The van der Waals surface area contributed by atoms with Crippen LogP contribution in [0.15, 0.2) is 0 Å². The molecule has 1 unspecified atom stereocenters. The molecule has 2 rings (SSSR count). The second-order valence-corrected chi connectivity index (χ2v) is 5.39. The summed E-state index contributed by atoms with van der Waals surface area (Å²) in [6, 6.07) is 0.836. The molecule has 0 amide bonds. The predicted molar refractivity (Wildman–Crippen MR) is 65.1 cm³/mol. The highest BCUT2D eigenvalue weighted by Crippen LogP contribution is 2.20. The van der Waals surface area contributed by atoms with Gasteiger partial charge in [0.2, 0.25) is 0 Å². The van der Waals surface area contributed by atoms with Gasteiger partial charge >= 0.3 is 0 Å². The van der Waals surface area contributed by atoms with Gasteiger partial charge in [-0.3, -0.25) is 0 Å². The number of hydrogen-bond acceptors (Lipinski definition) is 2. The van der Waals surface area contributed by atoms with Crippen LogP contribution in [0.25, 0.3) is 0 Å². The van der Waals surface area contributed by atoms with E-state index < -0.39 is 0 Å². The predicted octanol–water partition coefficient (Wildman–Crippen LogP) is 2.25. The van der Waals surface area contributed by atoms with E-state index in [1.54, 1.807) is 0 Å². The summed E-state index contributed by atoms with van der Waals surface area (Å²) in [6.45, 7) is 7.63. The first-order valence-corrected chi connectivity index (χ1v) is 6.81. The number of likely N-dealkylation sites (tertiary alicyclic amines) is 1. The van der Waals surface area contributed by atoms with Crippen LogP contribution in [-0.4, -0.2) is 37.1 Å². The lowest BCUT2D eigenvalue weighted by Gasteiger charge is -2.33. The minimum absolute atomic E-state index is 0.836. The largest absolute Gasteiger partial charge is 0.317 e. The van der Waals surface area contributed by atoms with Crippen molar-refractivity contribution in [2.45, 2.75) is 51.5 Å². The number of piperidine rings is 1. The van der Waals surface area contributed by atoms with Crippen molar-refractivity contribution in [1.29, 1.82) is 0 Å². The van der Waals surface area contributed by atoms with Gasteiger partial charge in [0.05, 0.1) is 0 Å². The van der Waals surface area contributed by atoms with Gasteiger partial charge in [0, 0.05) is 12.6 Å². The van der Waals surface area contributed by atoms with E-state index in [9.17, 15) is 0 Å². The average Bonchev–Trinajstić information content (AvgIpc) is 2.46. The van der Waals surface area contributed by atoms with Crippen LogP contribution in [0.1, 0.15) is 45.4 Å². The minimum atomic E-state index is 0.836. The van der Waals surface area contributed by atoms with Crippen LogP contribution in [0.4, 0.5) is 0 Å². The molecule has 2 fully saturated rings. The number of nitrogens with zero attached hydrogens (tertiary/aromatic N) is 1. The summed E-state index contributed by atoms with van der Waals surface area (Å²) in [5, 5.41) is 3.46. The molecule has 0 bridgehead atoms. The SMILES string of the molecule is CC1CCCCCN1CC1CCNCC1. The highest BCUT2D eigenvalue weighted by atomic mass is 15.2. The highest BCUT2D eigenvalue weighted by Gasteiger charge is 2.21. The summed E-state index contributed by atoms with van der Waals surface area (Å²) in [5.74, 6) is 0.965. The Kier molecular flexibility index (Phi) is 4.45. The molecule has 15 heavy (non-hydrogen) atoms. The molecule has 1 N–H and O–H groups in total. The molecular formula is C13H26N2. The van der Waals surface area contributed by atoms with E-state index in [4.69, 9.17) is 0 Å². The van der Waals surface area contributed by atoms with E-state index in [2.05, 4.69) is 17.1 Å². The van der Waals surface area contributed by atoms with Crippen molar-refractivity contribution < 1.29 is 0 Å². The van der Waals surface area contributed by atoms with Gasteiger partial charge in [-0.1, -0.05) is 12.8 Å². The molecule has 0 aromatic heterocycles. The first-order valence-electron chi connectivity index (χ1n) is 6.81. The zero-order valence-corrected chi connectivity index (χ0v) is 10.2. The first kappa shape index (κ1) is 11.4. The fourth-order valence-electron chi connectivity index (χ4n) is 3.00. The van der Waals surface area contributed by atoms with E-state index in [1.165, 1.54) is 64.7 Å². The smallest absolute Gasteiger partial charge is 0.00670 e. The lowest BCUT2D eigenvalue weighted by Crippen LogP contribution is -2.40. The van der Waals surface area contributed by atoms with Gasteiger partial charge in [0.15, 0.2) is 0 Å². The Labute approximate surface area is 94.4 Å². The standard InChI is InChI=1S/C13H26N2/c1-12-5-3-2-4-10-15(12)11-13-6-8-14-9-7-13/h12-14H,2-11H2,1H3. The average molecular weight is 210 g/mol. The molecule has 1 atom stereocenters. The molecule has 0 radical (unpaired) electrons. The van der Waals surface area contributed by atoms with Crippen LogP contribution in [0.5, 0.6) is 0 Å². The van der Waals surface area contributed by atoms with Gasteiger partial charge in [0.25, 0.3) is 0 Å². The minimum Gasteiger partial charge on any atom is -0.317 e. The fraction of sp³-hybridized carbons (Fsp3) is 1.00. The number of hydrogen-bond donors (Lipinski definition) is 1. The molecule has 2 heteroatoms. The van der Waals surface area contributed by atoms with Crippen molar-refractivity contribution in [3.8, 4) is 0 Å². The lowest BCUT2D eigenvalue weighted by molar-refractivity contribution is 0.164. The lowest BCUT2D eigenvalue weighted by atomic mass is 9.97. The maximum atomic E-state index is 3.46. The first-order chi connectivity index (χ1) is 7.36. The zero-order valence-electron chi connectivity index (χ0n) is 10.2. The monoisotopic (exact) mass is 210 g/mol. The Morgan fingerprint density at radius 1 is 1.07 bits per heavy atom. The van der Waals surface area contributed by atoms with E-state index in [1.807, 2.05) is 0 Å². The normalized spacial score (nSPS) is 31.4. The molecule has 2 aliphatic heterocycles. The molecule has 0 aliphatic carbocycles. The summed E-state index contributed by atoms with van der Waals surface area (Å²) >= 11 is 0. The Morgan fingerprint density at radius 3 is 2.67 bits per heavy atom. The van der Waals surface area contributed by atoms with Crippen molar-refractivity contribution in [1.82, 2.24) is 10.2 Å². The molecule has 0 saturated carbocycles. The fourth-order valence-corrected chi connectivity index (χ4v) is 3.00. The van der Waals surface area contributed by atoms with Gasteiger partial charge in [-0.25, -0.2) is 0 Å². The molecule has 0 aromatic carbocycles. The molecule has 2 nitrogen and oxygen atoms in total. The van der Waals surface area contributed by atoms with E-state index in [0.29, 0.717) is 0 Å². The third kappa shape index (κ3) is 3.46. The topological polar surface area (TPSA) is 15.3 Å². The van der Waals surface area contributed by atoms with Crippen molar-refractivity contribution in [3.63, 3.8) is 0 Å². The number of rotatable bonds is 2. The van der Waals surface area contributed by atoms with Gasteiger partial charge < -0.3 is 10.2 Å². The van der Waals surface area contributed by atoms with E-state index >= 15 is 0 Å². The van der Waals surface area contributed by atoms with Crippen LogP contribution in [0.3, 0.4) is 0 Å². The van der Waals surface area contributed by atoms with Crippen LogP contribution in [0.2, 0.25) is 0 Å². The second kappa shape index (κ2) is 5.86. The van der Waals surface area contributed by atoms with E-state index in [0.717, 1.165) is 12.0 Å². The maximum absolute atomic E-state index is 3.46. The summed E-state index contributed by atoms with van der Waals surface area (Å²) < 4.78 is 0. The Hall–Kier alpha value is -0.0800. The maximum Gasteiger partial charge on any atom is 0.00670 e. The second-order valence-electron chi connectivity index (χ2n) is 5.39. The van der Waals surface area contributed by atoms with Crippen molar-refractivity contribution >= 4 is 0 Å². The summed E-state index contributed by atoms with van der Waals surface area (Å²) in [5.41, 5.74) is 0. The molecular weight excluding hydrogens is 184 g/mol. The molecule has 0 aromatic rings. The quantitative estimate of drug-likeness (QED) is 0.752. The number of nitrogens with one attached hydrogen (secondary N) is 1. The molecule has 2 saturated heterocycles. The molecule has 2 heterocycles. The summed E-state index contributed by atoms with van der Waals surface area (Å²) in [4.78, 5) is 2.75. The van der Waals surface area contributed by atoms with Gasteiger partial charge in [-0.15, -0.1) is 0 Å². The van der Waals surface area contributed by atoms with E-state index in [-0.39, 0.29) is 0 Å². The zero-order chi connectivity index (χ0) is 10.5. The van der Waals surface area contributed by atoms with Crippen LogP contribution in [0, 0.1) is 5.92 Å². The van der Waals surface area contributed by atoms with Crippen molar-refractivity contribution in [2.75, 3.05) is 26.2 Å². The molecule has 0 spiro atoms. The van der Waals surface area contributed by atoms with Gasteiger partial charge in [0.1, 0.15) is 0 Å². The third-order valence-corrected chi connectivity index (χ3v) is 4.14. The van der Waals surface area contributed by atoms with Crippen LogP contribution >= 0.6 is 0 Å². The Balaban J connectivity index is 1.79. The Morgan fingerprint density at radius 2 is 1.87 bits per heavy atom. The van der Waals surface area contributed by atoms with Crippen LogP contribution < -0.4 is 5.32 Å². The highest BCUT2D eigenvalue weighted by molar-refractivity contribution is 4.77. The van der Waals surface area contributed by atoms with Crippen LogP contribution in [-0.2, 0) is 0 Å². The molecule has 2 aliphatic rings. The van der Waals surface area contributed by atoms with Crippen molar-refractivity contribution in [2.24, 2.45) is 5.92 Å². The Bertz CT molecular complexity index is 175.